The number of rotatable bonds is 6. The van der Waals surface area contributed by atoms with Gasteiger partial charge in [-0.15, -0.1) is 0 Å². The van der Waals surface area contributed by atoms with Gasteiger partial charge in [0.05, 0.1) is 18.3 Å². The minimum atomic E-state index is -4.46. The van der Waals surface area contributed by atoms with Crippen molar-refractivity contribution in [2.75, 3.05) is 42.5 Å². The topological polar surface area (TPSA) is 109 Å². The number of carbonyl (C=O) groups is 1. The van der Waals surface area contributed by atoms with E-state index in [9.17, 15) is 8.42 Å². The third-order valence-electron chi connectivity index (χ3n) is 8.31. The summed E-state index contributed by atoms with van der Waals surface area (Å²) >= 11 is 6.59. The number of amides is 1. The van der Waals surface area contributed by atoms with Gasteiger partial charge < -0.3 is 9.64 Å². The lowest BCUT2D eigenvalue weighted by Gasteiger charge is -2.45. The Morgan fingerprint density at radius 1 is 0.841 bits per heavy atom. The smallest absolute Gasteiger partial charge is 0.273 e. The number of halogens is 1. The fraction of sp³-hybridized carbons (Fsp3) is 0.188. The molecule has 222 valence electrons. The second-order valence-corrected chi connectivity index (χ2v) is 12.7. The zero-order chi connectivity index (χ0) is 30.5. The van der Waals surface area contributed by atoms with Gasteiger partial charge in [0.15, 0.2) is 5.54 Å². The van der Waals surface area contributed by atoms with E-state index in [4.69, 9.17) is 16.3 Å². The first-order valence-electron chi connectivity index (χ1n) is 14.0. The lowest BCUT2D eigenvalue weighted by molar-refractivity contribution is -0.127. The third kappa shape index (κ3) is 4.22. The van der Waals surface area contributed by atoms with Gasteiger partial charge in [-0.2, -0.15) is 0 Å². The Hall–Kier alpha value is -4.58. The van der Waals surface area contributed by atoms with Crippen LogP contribution in [0.3, 0.4) is 0 Å². The second kappa shape index (κ2) is 10.8. The summed E-state index contributed by atoms with van der Waals surface area (Å²) in [6.45, 7) is 2.03. The normalized spacial score (nSPS) is 18.9. The first kappa shape index (κ1) is 28.2. The van der Waals surface area contributed by atoms with Crippen LogP contribution in [0, 0.1) is 0 Å². The molecule has 0 aliphatic carbocycles. The van der Waals surface area contributed by atoms with Gasteiger partial charge in [-0.25, -0.2) is 17.7 Å². The molecule has 44 heavy (non-hydrogen) atoms. The predicted molar refractivity (Wildman–Crippen MR) is 167 cm³/mol. The van der Waals surface area contributed by atoms with E-state index in [1.54, 1.807) is 73.2 Å². The van der Waals surface area contributed by atoms with Crippen molar-refractivity contribution in [2.24, 2.45) is 0 Å². The lowest BCUT2D eigenvalue weighted by Crippen LogP contribution is -2.60. The fourth-order valence-corrected chi connectivity index (χ4v) is 8.19. The van der Waals surface area contributed by atoms with Crippen LogP contribution in [0.25, 0.3) is 10.9 Å². The molecule has 0 bridgehead atoms. The maximum Gasteiger partial charge on any atom is 0.273 e. The molecule has 2 aromatic carbocycles. The Morgan fingerprint density at radius 3 is 2.34 bits per heavy atom. The Bertz CT molecular complexity index is 2000. The van der Waals surface area contributed by atoms with E-state index in [2.05, 4.69) is 19.9 Å². The highest BCUT2D eigenvalue weighted by atomic mass is 35.5. The number of aromatic nitrogens is 3. The lowest BCUT2D eigenvalue weighted by atomic mass is 9.82. The molecule has 12 heteroatoms. The van der Waals surface area contributed by atoms with E-state index in [0.717, 1.165) is 9.99 Å². The van der Waals surface area contributed by atoms with E-state index in [1.165, 1.54) is 19.4 Å². The van der Waals surface area contributed by atoms with Crippen molar-refractivity contribution in [1.82, 2.24) is 19.9 Å². The summed E-state index contributed by atoms with van der Waals surface area (Å²) in [6.07, 6.45) is 6.60. The van der Waals surface area contributed by atoms with E-state index < -0.39 is 21.5 Å². The molecule has 2 aliphatic heterocycles. The minimum absolute atomic E-state index is 0.0682. The summed E-state index contributed by atoms with van der Waals surface area (Å²) < 4.78 is 35.9. The standard InChI is InChI=1S/C32H27ClN6O4S/c1-43-30-25(7-4-14-36-30)32(38-19-17-37(18-20-38)24-11-15-34-16-12-24)26-21-23(33)9-10-27(26)39(31(32)40)44(41,42)28-8-2-5-22-6-3-13-35-29(22)28/h2-16,21H,17-20H2,1H3. The highest BCUT2D eigenvalue weighted by Crippen LogP contribution is 2.53. The summed E-state index contributed by atoms with van der Waals surface area (Å²) in [5, 5.41) is 1.01. The van der Waals surface area contributed by atoms with Crippen LogP contribution >= 0.6 is 11.6 Å². The second-order valence-electron chi connectivity index (χ2n) is 10.5. The molecule has 1 unspecified atom stereocenters. The molecular formula is C32H27ClN6O4S. The number of fused-ring (bicyclic) bond motifs is 2. The SMILES string of the molecule is COc1ncccc1C1(N2CCN(c3ccncc3)CC2)C(=O)N(S(=O)(=O)c2cccc3cccnc23)c2ccc(Cl)cc21. The molecule has 1 amide bonds. The van der Waals surface area contributed by atoms with Crippen LogP contribution < -0.4 is 13.9 Å². The molecule has 0 N–H and O–H groups in total. The molecule has 1 fully saturated rings. The minimum Gasteiger partial charge on any atom is -0.481 e. The molecule has 0 spiro atoms. The highest BCUT2D eigenvalue weighted by molar-refractivity contribution is 7.93. The van der Waals surface area contributed by atoms with Gasteiger partial charge >= 0.3 is 0 Å². The van der Waals surface area contributed by atoms with Gasteiger partial charge in [0, 0.05) is 78.2 Å². The molecular weight excluding hydrogens is 600 g/mol. The number of nitrogens with zero attached hydrogens (tertiary/aromatic N) is 6. The van der Waals surface area contributed by atoms with Crippen LogP contribution in [0.4, 0.5) is 11.4 Å². The first-order chi connectivity index (χ1) is 21.4. The molecule has 0 saturated carbocycles. The Labute approximate surface area is 259 Å². The molecule has 7 rings (SSSR count). The number of anilines is 2. The van der Waals surface area contributed by atoms with Gasteiger partial charge in [0.1, 0.15) is 4.90 Å². The van der Waals surface area contributed by atoms with Crippen molar-refractivity contribution in [3.05, 3.63) is 114 Å². The van der Waals surface area contributed by atoms with Gasteiger partial charge in [-0.1, -0.05) is 29.8 Å². The molecule has 1 atom stereocenters. The van der Waals surface area contributed by atoms with Crippen molar-refractivity contribution in [2.45, 2.75) is 10.4 Å². The molecule has 5 heterocycles. The maximum absolute atomic E-state index is 15.2. The van der Waals surface area contributed by atoms with Crippen molar-refractivity contribution in [1.29, 1.82) is 0 Å². The summed E-state index contributed by atoms with van der Waals surface area (Å²) in [5.41, 5.74) is 0.782. The first-order valence-corrected chi connectivity index (χ1v) is 15.8. The van der Waals surface area contributed by atoms with Crippen molar-refractivity contribution in [3.8, 4) is 5.88 Å². The average molecular weight is 627 g/mol. The van der Waals surface area contributed by atoms with Gasteiger partial charge in [-0.3, -0.25) is 19.7 Å². The van der Waals surface area contributed by atoms with Gasteiger partial charge in [-0.05, 0) is 54.6 Å². The van der Waals surface area contributed by atoms with Crippen LogP contribution in [0.5, 0.6) is 5.88 Å². The largest absolute Gasteiger partial charge is 0.481 e. The number of hydrogen-bond donors (Lipinski definition) is 0. The highest BCUT2D eigenvalue weighted by Gasteiger charge is 2.61. The molecule has 0 radical (unpaired) electrons. The van der Waals surface area contributed by atoms with Crippen molar-refractivity contribution < 1.29 is 17.9 Å². The molecule has 10 nitrogen and oxygen atoms in total. The van der Waals surface area contributed by atoms with E-state index in [0.29, 0.717) is 47.7 Å². The number of benzene rings is 2. The number of para-hydroxylation sites is 1. The van der Waals surface area contributed by atoms with E-state index >= 15 is 4.79 Å². The molecule has 3 aromatic heterocycles. The van der Waals surface area contributed by atoms with E-state index in [-0.39, 0.29) is 22.0 Å². The number of methoxy groups -OCH3 is 1. The Balaban J connectivity index is 1.44. The number of carbonyl (C=O) groups excluding carboxylic acids is 1. The quantitative estimate of drug-likeness (QED) is 0.269. The summed E-state index contributed by atoms with van der Waals surface area (Å²) in [4.78, 5) is 32.3. The fourth-order valence-electron chi connectivity index (χ4n) is 6.39. The zero-order valence-electron chi connectivity index (χ0n) is 23.7. The zero-order valence-corrected chi connectivity index (χ0v) is 25.2. The van der Waals surface area contributed by atoms with Crippen LogP contribution in [0.15, 0.2) is 102 Å². The number of sulfonamides is 1. The van der Waals surface area contributed by atoms with Crippen LogP contribution in [-0.4, -0.2) is 67.5 Å². The Kier molecular flexibility index (Phi) is 6.95. The Morgan fingerprint density at radius 2 is 1.57 bits per heavy atom. The van der Waals surface area contributed by atoms with Gasteiger partial charge in [0.25, 0.3) is 15.9 Å². The summed E-state index contributed by atoms with van der Waals surface area (Å²) in [7, 11) is -2.98. The number of ether oxygens (including phenoxy) is 1. The molecule has 5 aromatic rings. The third-order valence-corrected chi connectivity index (χ3v) is 10.3. The number of piperazine rings is 1. The van der Waals surface area contributed by atoms with Crippen LogP contribution in [0.2, 0.25) is 5.02 Å². The van der Waals surface area contributed by atoms with Crippen LogP contribution in [0.1, 0.15) is 11.1 Å². The monoisotopic (exact) mass is 626 g/mol. The van der Waals surface area contributed by atoms with Crippen LogP contribution in [-0.2, 0) is 20.4 Å². The van der Waals surface area contributed by atoms with E-state index in [1.807, 2.05) is 17.0 Å². The number of pyridine rings is 3. The summed E-state index contributed by atoms with van der Waals surface area (Å²) in [5.74, 6) is -0.444. The van der Waals surface area contributed by atoms with Crippen molar-refractivity contribution in [3.63, 3.8) is 0 Å². The maximum atomic E-state index is 15.2. The molecule has 2 aliphatic rings. The average Bonchev–Trinajstić information content (AvgIpc) is 3.33. The summed E-state index contributed by atoms with van der Waals surface area (Å²) in [6, 6.07) is 20.7. The van der Waals surface area contributed by atoms with Gasteiger partial charge in [0.2, 0.25) is 5.88 Å². The van der Waals surface area contributed by atoms with Crippen molar-refractivity contribution >= 4 is 49.8 Å². The molecule has 1 saturated heterocycles. The number of hydrogen-bond acceptors (Lipinski definition) is 9. The predicted octanol–water partition coefficient (Wildman–Crippen LogP) is 4.49.